The molecule has 0 N–H and O–H groups in total. The molecule has 0 amide bonds. The van der Waals surface area contributed by atoms with Crippen molar-refractivity contribution in [2.24, 2.45) is 0 Å². The summed E-state index contributed by atoms with van der Waals surface area (Å²) < 4.78 is 0. The summed E-state index contributed by atoms with van der Waals surface area (Å²) in [5.41, 5.74) is 1.31. The van der Waals surface area contributed by atoms with Crippen LogP contribution >= 0.6 is 11.8 Å². The van der Waals surface area contributed by atoms with Crippen molar-refractivity contribution in [3.8, 4) is 0 Å². The summed E-state index contributed by atoms with van der Waals surface area (Å²) in [6.07, 6.45) is 2.13. The second kappa shape index (κ2) is 4.78. The second-order valence-corrected chi connectivity index (χ2v) is 6.42. The van der Waals surface area contributed by atoms with Crippen LogP contribution in [-0.4, -0.2) is 6.26 Å². The summed E-state index contributed by atoms with van der Waals surface area (Å²) in [7, 11) is 0. The van der Waals surface area contributed by atoms with Crippen LogP contribution in [0.5, 0.6) is 0 Å². The van der Waals surface area contributed by atoms with Gasteiger partial charge in [0, 0.05) is 4.90 Å². The molecule has 0 bridgehead atoms. The van der Waals surface area contributed by atoms with Gasteiger partial charge in [-0.2, -0.15) is 0 Å². The number of hydrogen-bond donors (Lipinski definition) is 0. The van der Waals surface area contributed by atoms with Gasteiger partial charge in [-0.1, -0.05) is 54.1 Å². The molecule has 0 radical (unpaired) electrons. The van der Waals surface area contributed by atoms with Crippen LogP contribution in [0.3, 0.4) is 0 Å². The molecule has 0 spiro atoms. The van der Waals surface area contributed by atoms with E-state index in [0.29, 0.717) is 0 Å². The van der Waals surface area contributed by atoms with Gasteiger partial charge in [-0.15, -0.1) is 11.8 Å². The van der Waals surface area contributed by atoms with Crippen molar-refractivity contribution in [1.29, 1.82) is 0 Å². The van der Waals surface area contributed by atoms with Crippen LogP contribution in [0.25, 0.3) is 32.3 Å². The highest BCUT2D eigenvalue weighted by Crippen LogP contribution is 2.33. The van der Waals surface area contributed by atoms with Crippen molar-refractivity contribution in [2.45, 2.75) is 11.8 Å². The number of thioether (sulfide) groups is 1. The van der Waals surface area contributed by atoms with E-state index < -0.39 is 0 Å². The van der Waals surface area contributed by atoms with Crippen molar-refractivity contribution in [3.63, 3.8) is 0 Å². The van der Waals surface area contributed by atoms with E-state index in [1.165, 1.54) is 42.8 Å². The Kier molecular flexibility index (Phi) is 2.90. The zero-order chi connectivity index (χ0) is 14.4. The lowest BCUT2D eigenvalue weighted by Gasteiger charge is -2.09. The van der Waals surface area contributed by atoms with Gasteiger partial charge in [-0.3, -0.25) is 0 Å². The Bertz CT molecular complexity index is 983. The highest BCUT2D eigenvalue weighted by molar-refractivity contribution is 7.98. The predicted octanol–water partition coefficient (Wildman–Crippen LogP) is 6.18. The summed E-state index contributed by atoms with van der Waals surface area (Å²) in [5, 5.41) is 8.02. The molecule has 0 aromatic heterocycles. The SMILES string of the molecule is CSc1ccc2ccc3c4cc(C)ccc4ccc3c2c1. The molecule has 0 unspecified atom stereocenters. The first-order chi connectivity index (χ1) is 10.3. The molecule has 4 aromatic rings. The number of fused-ring (bicyclic) bond motifs is 5. The standard InChI is InChI=1S/C20H16S/c1-13-3-4-14-6-10-18-17(19(14)11-13)9-7-15-5-8-16(21-2)12-20(15)18/h3-12H,1-2H3. The smallest absolute Gasteiger partial charge is 0.00757 e. The van der Waals surface area contributed by atoms with E-state index in [-0.39, 0.29) is 0 Å². The van der Waals surface area contributed by atoms with Crippen LogP contribution in [0.1, 0.15) is 5.56 Å². The monoisotopic (exact) mass is 288 g/mol. The summed E-state index contributed by atoms with van der Waals surface area (Å²) in [5.74, 6) is 0. The fourth-order valence-electron chi connectivity index (χ4n) is 3.09. The maximum Gasteiger partial charge on any atom is 0.00757 e. The highest BCUT2D eigenvalue weighted by atomic mass is 32.2. The minimum Gasteiger partial charge on any atom is -0.130 e. The molecule has 0 aliphatic carbocycles. The Morgan fingerprint density at radius 3 is 1.86 bits per heavy atom. The van der Waals surface area contributed by atoms with E-state index in [1.54, 1.807) is 11.8 Å². The third-order valence-corrected chi connectivity index (χ3v) is 4.92. The van der Waals surface area contributed by atoms with Crippen molar-refractivity contribution >= 4 is 44.1 Å². The summed E-state index contributed by atoms with van der Waals surface area (Å²) in [6, 6.07) is 22.4. The molecule has 102 valence electrons. The van der Waals surface area contributed by atoms with Gasteiger partial charge >= 0.3 is 0 Å². The van der Waals surface area contributed by atoms with E-state index in [4.69, 9.17) is 0 Å². The Morgan fingerprint density at radius 2 is 1.19 bits per heavy atom. The largest absolute Gasteiger partial charge is 0.130 e. The van der Waals surface area contributed by atoms with E-state index in [0.717, 1.165) is 0 Å². The summed E-state index contributed by atoms with van der Waals surface area (Å²) in [6.45, 7) is 2.16. The third-order valence-electron chi connectivity index (χ3n) is 4.20. The van der Waals surface area contributed by atoms with E-state index >= 15 is 0 Å². The number of benzene rings is 4. The highest BCUT2D eigenvalue weighted by Gasteiger charge is 2.05. The second-order valence-electron chi connectivity index (χ2n) is 5.54. The minimum atomic E-state index is 1.31. The lowest BCUT2D eigenvalue weighted by molar-refractivity contribution is 1.51. The van der Waals surface area contributed by atoms with Crippen LogP contribution < -0.4 is 0 Å². The molecule has 0 aliphatic rings. The first kappa shape index (κ1) is 12.7. The van der Waals surface area contributed by atoms with Crippen molar-refractivity contribution < 1.29 is 0 Å². The molecular formula is C20H16S. The van der Waals surface area contributed by atoms with Gasteiger partial charge < -0.3 is 0 Å². The average molecular weight is 288 g/mol. The lowest BCUT2D eigenvalue weighted by Crippen LogP contribution is -1.82. The first-order valence-corrected chi connectivity index (χ1v) is 8.38. The number of aryl methyl sites for hydroxylation is 1. The molecule has 0 atom stereocenters. The molecule has 0 saturated carbocycles. The predicted molar refractivity (Wildman–Crippen MR) is 95.5 cm³/mol. The van der Waals surface area contributed by atoms with Gasteiger partial charge in [0.15, 0.2) is 0 Å². The molecule has 0 fully saturated rings. The van der Waals surface area contributed by atoms with Gasteiger partial charge in [0.1, 0.15) is 0 Å². The van der Waals surface area contributed by atoms with Crippen molar-refractivity contribution in [1.82, 2.24) is 0 Å². The first-order valence-electron chi connectivity index (χ1n) is 7.16. The minimum absolute atomic E-state index is 1.31. The number of hydrogen-bond acceptors (Lipinski definition) is 1. The quantitative estimate of drug-likeness (QED) is 0.298. The Balaban J connectivity index is 2.20. The Hall–Kier alpha value is -1.99. The normalized spacial score (nSPS) is 11.5. The van der Waals surface area contributed by atoms with Crippen LogP contribution in [0.15, 0.2) is 65.6 Å². The van der Waals surface area contributed by atoms with Gasteiger partial charge in [-0.25, -0.2) is 0 Å². The van der Waals surface area contributed by atoms with E-state index in [1.807, 2.05) is 0 Å². The number of rotatable bonds is 1. The lowest BCUT2D eigenvalue weighted by atomic mass is 9.96. The third kappa shape index (κ3) is 2.00. The molecular weight excluding hydrogens is 272 g/mol. The zero-order valence-corrected chi connectivity index (χ0v) is 13.0. The van der Waals surface area contributed by atoms with Crippen LogP contribution in [0.2, 0.25) is 0 Å². The molecule has 0 nitrogen and oxygen atoms in total. The Labute approximate surface area is 128 Å². The maximum atomic E-state index is 2.31. The van der Waals surface area contributed by atoms with Crippen LogP contribution in [-0.2, 0) is 0 Å². The topological polar surface area (TPSA) is 0 Å². The van der Waals surface area contributed by atoms with E-state index in [2.05, 4.69) is 73.8 Å². The van der Waals surface area contributed by atoms with Gasteiger partial charge in [-0.05, 0) is 57.6 Å². The van der Waals surface area contributed by atoms with Crippen molar-refractivity contribution in [3.05, 3.63) is 66.2 Å². The van der Waals surface area contributed by atoms with Crippen LogP contribution in [0.4, 0.5) is 0 Å². The average Bonchev–Trinajstić information content (AvgIpc) is 2.53. The Morgan fingerprint density at radius 1 is 0.619 bits per heavy atom. The summed E-state index contributed by atoms with van der Waals surface area (Å²) >= 11 is 1.80. The molecule has 4 aromatic carbocycles. The molecule has 1 heteroatoms. The van der Waals surface area contributed by atoms with Crippen molar-refractivity contribution in [2.75, 3.05) is 6.26 Å². The van der Waals surface area contributed by atoms with Gasteiger partial charge in [0.25, 0.3) is 0 Å². The molecule has 0 saturated heterocycles. The zero-order valence-electron chi connectivity index (χ0n) is 12.2. The molecule has 0 heterocycles. The molecule has 4 rings (SSSR count). The van der Waals surface area contributed by atoms with Crippen LogP contribution in [0, 0.1) is 6.92 Å². The van der Waals surface area contributed by atoms with Gasteiger partial charge in [0.2, 0.25) is 0 Å². The van der Waals surface area contributed by atoms with Gasteiger partial charge in [0.05, 0.1) is 0 Å². The molecule has 0 aliphatic heterocycles. The molecule has 21 heavy (non-hydrogen) atoms. The maximum absolute atomic E-state index is 2.31. The van der Waals surface area contributed by atoms with E-state index in [9.17, 15) is 0 Å². The summed E-state index contributed by atoms with van der Waals surface area (Å²) in [4.78, 5) is 1.32. The fourth-order valence-corrected chi connectivity index (χ4v) is 3.52. The fraction of sp³-hybridized carbons (Fsp3) is 0.100.